The number of anilines is 1. The number of benzene rings is 2. The monoisotopic (exact) mass is 886 g/mol. The highest BCUT2D eigenvalue weighted by molar-refractivity contribution is 6.42. The minimum absolute atomic E-state index is 0.0752. The summed E-state index contributed by atoms with van der Waals surface area (Å²) in [7, 11) is 3.35. The van der Waals surface area contributed by atoms with Crippen LogP contribution in [-0.4, -0.2) is 171 Å². The van der Waals surface area contributed by atoms with Crippen LogP contribution >= 0.6 is 23.2 Å². The number of carbonyl (C=O) groups excluding carboxylic acids is 3. The highest BCUT2D eigenvalue weighted by atomic mass is 35.5. The third-order valence-electron chi connectivity index (χ3n) is 9.55. The molecule has 2 aromatic rings. The lowest BCUT2D eigenvalue weighted by Gasteiger charge is -2.34. The number of aliphatic hydroxyl groups is 1. The number of likely N-dealkylation sites (tertiary alicyclic amines) is 1. The second-order valence-electron chi connectivity index (χ2n) is 14.5. The van der Waals surface area contributed by atoms with Crippen molar-refractivity contribution in [2.45, 2.75) is 44.9 Å². The van der Waals surface area contributed by atoms with Gasteiger partial charge in [0.25, 0.3) is 0 Å². The molecule has 1 aliphatic rings. The van der Waals surface area contributed by atoms with E-state index in [2.05, 4.69) is 4.90 Å². The Morgan fingerprint density at radius 2 is 1.35 bits per heavy atom. The number of rotatable bonds is 31. The first kappa shape index (κ1) is 51.2. The molecule has 3 N–H and O–H groups in total. The van der Waals surface area contributed by atoms with Gasteiger partial charge < -0.3 is 53.6 Å². The molecule has 3 atom stereocenters. The molecule has 3 rings (SSSR count). The van der Waals surface area contributed by atoms with Gasteiger partial charge in [0.1, 0.15) is 12.6 Å². The standard InChI is InChI=1S/C42H64Cl2N4O12/c1-31(2)40(41(45)51)48(42(52)60-25-24-59-23-22-58-21-20-57-19-18-56-17-16-55-15-14-54-13-12-53-4)34-7-5-6-33(28-34)38(30-47-11-10-35(49)29-47)46(3)39(50)27-32-8-9-36(43)37(44)26-32/h5-9,26,28,31,35,38,40,49H,10-25,27,29-30H2,1-4H3,(H2,45,51)/t35-,38+,40-/m0/s1. The van der Waals surface area contributed by atoms with Gasteiger partial charge in [0, 0.05) is 39.5 Å². The normalized spacial score (nSPS) is 15.3. The van der Waals surface area contributed by atoms with Crippen LogP contribution in [0.1, 0.15) is 37.4 Å². The Balaban J connectivity index is 1.50. The molecular formula is C42H64Cl2N4O12. The first-order valence-corrected chi connectivity index (χ1v) is 21.1. The number of hydrogen-bond donors (Lipinski definition) is 2. The number of carbonyl (C=O) groups is 3. The Morgan fingerprint density at radius 1 is 0.800 bits per heavy atom. The van der Waals surface area contributed by atoms with Gasteiger partial charge in [-0.2, -0.15) is 0 Å². The van der Waals surface area contributed by atoms with E-state index < -0.39 is 30.2 Å². The SMILES string of the molecule is COCCOCCOCCOCCOCCOCCOCCOC(=O)N(c1cccc([C@@H](CN2CC[C@H](O)C2)N(C)C(=O)Cc2ccc(Cl)c(Cl)c2)c1)[C@H](C(N)=O)C(C)C. The lowest BCUT2D eigenvalue weighted by atomic mass is 9.99. The van der Waals surface area contributed by atoms with E-state index in [0.29, 0.717) is 126 Å². The Morgan fingerprint density at radius 3 is 1.83 bits per heavy atom. The minimum atomic E-state index is -1.03. The summed E-state index contributed by atoms with van der Waals surface area (Å²) in [5.74, 6) is -1.23. The van der Waals surface area contributed by atoms with Gasteiger partial charge in [0.05, 0.1) is 115 Å². The fraction of sp³-hybridized carbons (Fsp3) is 0.643. The van der Waals surface area contributed by atoms with Crippen LogP contribution in [0.2, 0.25) is 10.0 Å². The first-order valence-electron chi connectivity index (χ1n) is 20.3. The molecule has 0 bridgehead atoms. The van der Waals surface area contributed by atoms with E-state index >= 15 is 0 Å². The molecule has 1 aliphatic heterocycles. The molecule has 0 unspecified atom stereocenters. The number of aliphatic hydroxyl groups excluding tert-OH is 1. The zero-order chi connectivity index (χ0) is 43.7. The topological polar surface area (TPSA) is 181 Å². The number of nitrogens with zero attached hydrogens (tertiary/aromatic N) is 3. The van der Waals surface area contributed by atoms with Gasteiger partial charge >= 0.3 is 6.09 Å². The molecule has 0 radical (unpaired) electrons. The number of primary amides is 1. The quantitative estimate of drug-likeness (QED) is 0.104. The van der Waals surface area contributed by atoms with Crippen LogP contribution in [0.5, 0.6) is 0 Å². The van der Waals surface area contributed by atoms with Gasteiger partial charge in [0.2, 0.25) is 11.8 Å². The number of likely N-dealkylation sites (N-methyl/N-ethyl adjacent to an activating group) is 1. The fourth-order valence-electron chi connectivity index (χ4n) is 6.41. The Bertz CT molecular complexity index is 1560. The summed E-state index contributed by atoms with van der Waals surface area (Å²) in [6.07, 6.45) is -0.540. The van der Waals surface area contributed by atoms with Crippen molar-refractivity contribution in [1.82, 2.24) is 9.80 Å². The first-order chi connectivity index (χ1) is 28.9. The summed E-state index contributed by atoms with van der Waals surface area (Å²) < 4.78 is 43.4. The van der Waals surface area contributed by atoms with E-state index in [1.807, 2.05) is 6.07 Å². The summed E-state index contributed by atoms with van der Waals surface area (Å²) in [6, 6.07) is 10.6. The Kier molecular flexibility index (Phi) is 24.9. The van der Waals surface area contributed by atoms with Crippen LogP contribution < -0.4 is 10.6 Å². The number of hydrogen-bond acceptors (Lipinski definition) is 13. The molecule has 0 aromatic heterocycles. The van der Waals surface area contributed by atoms with Crippen LogP contribution in [0.3, 0.4) is 0 Å². The molecule has 338 valence electrons. The lowest BCUT2D eigenvalue weighted by Crippen LogP contribution is -2.51. The number of β-amino-alcohol motifs (C(OH)–C–C–N with tert-alkyl or cyclic N) is 1. The molecule has 16 nitrogen and oxygen atoms in total. The van der Waals surface area contributed by atoms with E-state index in [4.69, 9.17) is 66.8 Å². The lowest BCUT2D eigenvalue weighted by molar-refractivity contribution is -0.131. The Hall–Kier alpha value is -3.13. The minimum Gasteiger partial charge on any atom is -0.447 e. The van der Waals surface area contributed by atoms with Gasteiger partial charge in [-0.25, -0.2) is 4.79 Å². The van der Waals surface area contributed by atoms with Gasteiger partial charge in [-0.3, -0.25) is 19.4 Å². The highest BCUT2D eigenvalue weighted by Gasteiger charge is 2.35. The zero-order valence-electron chi connectivity index (χ0n) is 35.4. The molecule has 0 aliphatic carbocycles. The molecule has 3 amide bonds. The van der Waals surface area contributed by atoms with E-state index in [9.17, 15) is 19.5 Å². The summed E-state index contributed by atoms with van der Waals surface area (Å²) in [6.45, 7) is 10.5. The highest BCUT2D eigenvalue weighted by Crippen LogP contribution is 2.30. The summed E-state index contributed by atoms with van der Waals surface area (Å²) in [5, 5.41) is 11.0. The molecular weight excluding hydrogens is 823 g/mol. The van der Waals surface area contributed by atoms with E-state index in [1.54, 1.807) is 69.3 Å². The number of nitrogens with two attached hydrogens (primary N) is 1. The maximum Gasteiger partial charge on any atom is 0.415 e. The fourth-order valence-corrected chi connectivity index (χ4v) is 6.73. The zero-order valence-corrected chi connectivity index (χ0v) is 36.9. The van der Waals surface area contributed by atoms with Crippen molar-refractivity contribution in [3.8, 4) is 0 Å². The second kappa shape index (κ2) is 29.2. The largest absolute Gasteiger partial charge is 0.447 e. The van der Waals surface area contributed by atoms with Gasteiger partial charge in [-0.1, -0.05) is 55.2 Å². The second-order valence-corrected chi connectivity index (χ2v) is 15.3. The summed E-state index contributed by atoms with van der Waals surface area (Å²) in [4.78, 5) is 45.3. The van der Waals surface area contributed by atoms with Gasteiger partial charge in [-0.05, 0) is 47.7 Å². The van der Waals surface area contributed by atoms with Crippen molar-refractivity contribution >= 4 is 46.8 Å². The van der Waals surface area contributed by atoms with Crippen molar-refractivity contribution in [2.24, 2.45) is 11.7 Å². The van der Waals surface area contributed by atoms with Gasteiger partial charge in [0.15, 0.2) is 0 Å². The number of halogens is 2. The summed E-state index contributed by atoms with van der Waals surface area (Å²) in [5.41, 5.74) is 7.66. The maximum absolute atomic E-state index is 13.7. The van der Waals surface area contributed by atoms with E-state index in [0.717, 1.165) is 0 Å². The van der Waals surface area contributed by atoms with Crippen molar-refractivity contribution in [3.05, 3.63) is 63.6 Å². The van der Waals surface area contributed by atoms with Crippen LogP contribution in [0.25, 0.3) is 0 Å². The molecule has 18 heteroatoms. The summed E-state index contributed by atoms with van der Waals surface area (Å²) >= 11 is 12.3. The third-order valence-corrected chi connectivity index (χ3v) is 10.3. The van der Waals surface area contributed by atoms with E-state index in [1.165, 1.54) is 4.90 Å². The third kappa shape index (κ3) is 18.9. The van der Waals surface area contributed by atoms with Crippen molar-refractivity contribution in [1.29, 1.82) is 0 Å². The number of amides is 3. The van der Waals surface area contributed by atoms with Crippen LogP contribution in [0.15, 0.2) is 42.5 Å². The molecule has 1 heterocycles. The molecule has 2 aromatic carbocycles. The maximum atomic E-state index is 13.7. The van der Waals surface area contributed by atoms with Crippen LogP contribution in [-0.2, 0) is 53.9 Å². The van der Waals surface area contributed by atoms with Crippen molar-refractivity contribution in [2.75, 3.05) is 131 Å². The average Bonchev–Trinajstić information content (AvgIpc) is 3.64. The smallest absolute Gasteiger partial charge is 0.415 e. The number of ether oxygens (including phenoxy) is 8. The van der Waals surface area contributed by atoms with E-state index in [-0.39, 0.29) is 38.1 Å². The molecule has 0 spiro atoms. The predicted octanol–water partition coefficient (Wildman–Crippen LogP) is 4.00. The predicted molar refractivity (Wildman–Crippen MR) is 228 cm³/mol. The van der Waals surface area contributed by atoms with Gasteiger partial charge in [-0.15, -0.1) is 0 Å². The average molecular weight is 888 g/mol. The van der Waals surface area contributed by atoms with Crippen molar-refractivity contribution in [3.63, 3.8) is 0 Å². The number of methoxy groups -OCH3 is 1. The van der Waals surface area contributed by atoms with Crippen LogP contribution in [0, 0.1) is 5.92 Å². The molecule has 0 saturated carbocycles. The van der Waals surface area contributed by atoms with Crippen LogP contribution in [0.4, 0.5) is 10.5 Å². The molecule has 1 fully saturated rings. The van der Waals surface area contributed by atoms with Crippen molar-refractivity contribution < 1.29 is 57.4 Å². The Labute approximate surface area is 364 Å². The molecule has 1 saturated heterocycles. The molecule has 60 heavy (non-hydrogen) atoms.